The Labute approximate surface area is 93.7 Å². The third kappa shape index (κ3) is 7.25. The minimum absolute atomic E-state index is 0.222. The van der Waals surface area contributed by atoms with Crippen molar-refractivity contribution < 1.29 is 13.7 Å². The quantitative estimate of drug-likeness (QED) is 0.414. The smallest absolute Gasteiger partial charge is 0.305 e. The molecule has 0 aromatic carbocycles. The van der Waals surface area contributed by atoms with Crippen LogP contribution in [-0.4, -0.2) is 28.2 Å². The summed E-state index contributed by atoms with van der Waals surface area (Å²) in [5, 5.41) is 0. The van der Waals surface area contributed by atoms with Crippen molar-refractivity contribution in [2.45, 2.75) is 44.8 Å². The summed E-state index contributed by atoms with van der Waals surface area (Å²) in [6, 6.07) is 0. The molecule has 5 heteroatoms. The summed E-state index contributed by atoms with van der Waals surface area (Å²) >= 11 is 0. The molecule has 0 aromatic rings. The Kier molecular flexibility index (Phi) is 6.40. The lowest BCUT2D eigenvalue weighted by Crippen LogP contribution is -2.19. The zero-order valence-electron chi connectivity index (χ0n) is 9.78. The van der Waals surface area contributed by atoms with E-state index in [4.69, 9.17) is 0 Å². The number of rotatable bonds is 5. The molecule has 0 aliphatic heterocycles. The summed E-state index contributed by atoms with van der Waals surface area (Å²) in [7, 11) is 0.166. The van der Waals surface area contributed by atoms with Gasteiger partial charge in [0, 0.05) is 12.6 Å². The number of unbranched alkanes of at least 4 members (excludes halogenated alkanes) is 1. The molecule has 0 fully saturated rings. The number of hydrogen-bond donors (Lipinski definition) is 0. The van der Waals surface area contributed by atoms with Crippen LogP contribution in [0.1, 0.15) is 40.0 Å². The second-order valence-corrected chi connectivity index (χ2v) is 6.05. The Morgan fingerprint density at radius 2 is 2.07 bits per heavy atom. The fourth-order valence-corrected chi connectivity index (χ4v) is 1.28. The van der Waals surface area contributed by atoms with Crippen LogP contribution in [-0.2, 0) is 20.5 Å². The van der Waals surface area contributed by atoms with E-state index in [1.807, 2.05) is 20.8 Å². The molecule has 0 radical (unpaired) electrons. The first kappa shape index (κ1) is 14.3. The first-order valence-corrected chi connectivity index (χ1v) is 6.00. The van der Waals surface area contributed by atoms with Gasteiger partial charge >= 0.3 is 5.97 Å². The molecule has 0 rings (SSSR count). The molecule has 0 unspecified atom stereocenters. The van der Waals surface area contributed by atoms with Crippen molar-refractivity contribution in [3.05, 3.63) is 0 Å². The van der Waals surface area contributed by atoms with E-state index in [2.05, 4.69) is 9.13 Å². The summed E-state index contributed by atoms with van der Waals surface area (Å²) in [4.78, 5) is 10.7. The number of methoxy groups -OCH3 is 1. The number of nitrogens with zero attached hydrogens (tertiary/aromatic N) is 1. The second-order valence-electron chi connectivity index (χ2n) is 4.12. The highest BCUT2D eigenvalue weighted by molar-refractivity contribution is 7.85. The monoisotopic (exact) mass is 233 g/mol. The fourth-order valence-electron chi connectivity index (χ4n) is 0.718. The van der Waals surface area contributed by atoms with E-state index in [1.54, 1.807) is 6.21 Å². The predicted octanol–water partition coefficient (Wildman–Crippen LogP) is 1.86. The summed E-state index contributed by atoms with van der Waals surface area (Å²) < 4.78 is 19.5. The van der Waals surface area contributed by atoms with Crippen molar-refractivity contribution in [2.75, 3.05) is 7.11 Å². The molecule has 0 heterocycles. The zero-order valence-corrected chi connectivity index (χ0v) is 10.6. The van der Waals surface area contributed by atoms with Gasteiger partial charge in [-0.05, 0) is 33.6 Å². The van der Waals surface area contributed by atoms with Crippen LogP contribution in [0.15, 0.2) is 4.40 Å². The lowest BCUT2D eigenvalue weighted by Gasteiger charge is -2.12. The minimum Gasteiger partial charge on any atom is -0.469 e. The average Bonchev–Trinajstić information content (AvgIpc) is 2.15. The maximum atomic E-state index is 11.4. The molecule has 4 nitrogen and oxygen atoms in total. The van der Waals surface area contributed by atoms with Crippen LogP contribution in [0.2, 0.25) is 0 Å². The van der Waals surface area contributed by atoms with Crippen molar-refractivity contribution >= 4 is 23.2 Å². The van der Waals surface area contributed by atoms with Crippen LogP contribution in [0.25, 0.3) is 0 Å². The van der Waals surface area contributed by atoms with Gasteiger partial charge in [0.15, 0.2) is 0 Å². The Morgan fingerprint density at radius 3 is 2.53 bits per heavy atom. The molecule has 1 atom stereocenters. The molecule has 0 saturated heterocycles. The van der Waals surface area contributed by atoms with E-state index in [-0.39, 0.29) is 10.7 Å². The molecular weight excluding hydrogens is 214 g/mol. The molecule has 0 aliphatic rings. The van der Waals surface area contributed by atoms with Gasteiger partial charge in [0.05, 0.1) is 11.9 Å². The van der Waals surface area contributed by atoms with Crippen LogP contribution in [0.4, 0.5) is 0 Å². The lowest BCUT2D eigenvalue weighted by molar-refractivity contribution is -0.140. The zero-order chi connectivity index (χ0) is 11.9. The first-order chi connectivity index (χ1) is 6.88. The summed E-state index contributed by atoms with van der Waals surface area (Å²) in [6.07, 6.45) is 3.32. The third-order valence-electron chi connectivity index (χ3n) is 1.64. The standard InChI is InChI=1S/C10H19NO3S/c1-10(2,3)15(13)11-8-6-5-7-9(12)14-4/h8H,5-7H2,1-4H3/b11-8+/t15-/m1/s1. The summed E-state index contributed by atoms with van der Waals surface area (Å²) in [5.74, 6) is -0.222. The molecule has 0 N–H and O–H groups in total. The number of esters is 1. The van der Waals surface area contributed by atoms with Gasteiger partial charge in [-0.25, -0.2) is 4.21 Å². The molecule has 0 aliphatic carbocycles. The van der Waals surface area contributed by atoms with Crippen molar-refractivity contribution in [1.82, 2.24) is 0 Å². The van der Waals surface area contributed by atoms with E-state index < -0.39 is 11.0 Å². The van der Waals surface area contributed by atoms with Crippen LogP contribution in [0.5, 0.6) is 0 Å². The van der Waals surface area contributed by atoms with Gasteiger partial charge in [0.2, 0.25) is 0 Å². The van der Waals surface area contributed by atoms with Gasteiger partial charge in [0.1, 0.15) is 11.0 Å². The van der Waals surface area contributed by atoms with Gasteiger partial charge in [0.25, 0.3) is 0 Å². The maximum absolute atomic E-state index is 11.4. The summed E-state index contributed by atoms with van der Waals surface area (Å²) in [5.41, 5.74) is 0. The van der Waals surface area contributed by atoms with Gasteiger partial charge in [-0.15, -0.1) is 0 Å². The topological polar surface area (TPSA) is 55.7 Å². The molecule has 0 aromatic heterocycles. The highest BCUT2D eigenvalue weighted by Crippen LogP contribution is 2.11. The van der Waals surface area contributed by atoms with Gasteiger partial charge in [-0.3, -0.25) is 4.79 Å². The van der Waals surface area contributed by atoms with Gasteiger partial charge in [-0.2, -0.15) is 4.40 Å². The van der Waals surface area contributed by atoms with Crippen molar-refractivity contribution in [3.63, 3.8) is 0 Å². The third-order valence-corrected chi connectivity index (χ3v) is 3.02. The Balaban J connectivity index is 3.73. The number of hydrogen-bond acceptors (Lipinski definition) is 3. The number of ether oxygens (including phenoxy) is 1. The molecular formula is C10H19NO3S. The minimum atomic E-state index is -1.20. The Bertz CT molecular complexity index is 256. The van der Waals surface area contributed by atoms with E-state index in [9.17, 15) is 9.00 Å². The molecule has 0 bridgehead atoms. The second kappa shape index (κ2) is 6.71. The van der Waals surface area contributed by atoms with E-state index >= 15 is 0 Å². The Morgan fingerprint density at radius 1 is 1.47 bits per heavy atom. The molecule has 0 amide bonds. The largest absolute Gasteiger partial charge is 0.469 e. The number of carbonyl (C=O) groups excluding carboxylic acids is 1. The van der Waals surface area contributed by atoms with Crippen LogP contribution in [0.3, 0.4) is 0 Å². The molecule has 88 valence electrons. The highest BCUT2D eigenvalue weighted by atomic mass is 32.2. The van der Waals surface area contributed by atoms with Gasteiger partial charge in [-0.1, -0.05) is 0 Å². The van der Waals surface area contributed by atoms with Crippen molar-refractivity contribution in [2.24, 2.45) is 4.40 Å². The van der Waals surface area contributed by atoms with Crippen LogP contribution in [0, 0.1) is 0 Å². The Hall–Kier alpha value is -0.710. The molecule has 0 saturated carbocycles. The average molecular weight is 233 g/mol. The highest BCUT2D eigenvalue weighted by Gasteiger charge is 2.17. The van der Waals surface area contributed by atoms with Crippen molar-refractivity contribution in [1.29, 1.82) is 0 Å². The van der Waals surface area contributed by atoms with Crippen LogP contribution >= 0.6 is 0 Å². The fraction of sp³-hybridized carbons (Fsp3) is 0.800. The van der Waals surface area contributed by atoms with E-state index in [0.29, 0.717) is 19.3 Å². The number of carbonyl (C=O) groups is 1. The lowest BCUT2D eigenvalue weighted by atomic mass is 10.2. The molecule has 0 spiro atoms. The SMILES string of the molecule is COC(=O)CCC/C=N/[S@](=O)C(C)(C)C. The van der Waals surface area contributed by atoms with E-state index in [0.717, 1.165) is 0 Å². The normalized spacial score (nSPS) is 14.1. The maximum Gasteiger partial charge on any atom is 0.305 e. The molecule has 15 heavy (non-hydrogen) atoms. The first-order valence-electron chi connectivity index (χ1n) is 4.89. The van der Waals surface area contributed by atoms with Gasteiger partial charge < -0.3 is 4.74 Å². The summed E-state index contributed by atoms with van der Waals surface area (Å²) in [6.45, 7) is 5.61. The predicted molar refractivity (Wildman–Crippen MR) is 62.3 cm³/mol. The van der Waals surface area contributed by atoms with Crippen LogP contribution < -0.4 is 0 Å². The van der Waals surface area contributed by atoms with Crippen molar-refractivity contribution in [3.8, 4) is 0 Å². The van der Waals surface area contributed by atoms with E-state index in [1.165, 1.54) is 7.11 Å².